The number of carbonyl (C=O) groups is 1. The number of benzene rings is 1. The summed E-state index contributed by atoms with van der Waals surface area (Å²) in [5.41, 5.74) is 1.85. The first-order valence-electron chi connectivity index (χ1n) is 10.9. The van der Waals surface area contributed by atoms with Gasteiger partial charge in [-0.05, 0) is 63.8 Å². The Morgan fingerprint density at radius 3 is 2.11 bits per heavy atom. The lowest BCUT2D eigenvalue weighted by Gasteiger charge is -2.51. The van der Waals surface area contributed by atoms with Gasteiger partial charge in [0.15, 0.2) is 0 Å². The molecule has 150 valence electrons. The van der Waals surface area contributed by atoms with E-state index in [4.69, 9.17) is 5.26 Å². The van der Waals surface area contributed by atoms with Gasteiger partial charge in [0.2, 0.25) is 5.91 Å². The number of piperazine rings is 1. The molecule has 1 aromatic carbocycles. The van der Waals surface area contributed by atoms with E-state index in [1.165, 1.54) is 19.3 Å². The Morgan fingerprint density at radius 2 is 1.61 bits per heavy atom. The number of hydrogen-bond acceptors (Lipinski definition) is 4. The van der Waals surface area contributed by atoms with Crippen LogP contribution in [0.1, 0.15) is 51.5 Å². The second-order valence-corrected chi connectivity index (χ2v) is 8.89. The highest BCUT2D eigenvalue weighted by Gasteiger charge is 2.39. The zero-order valence-corrected chi connectivity index (χ0v) is 17.2. The summed E-state index contributed by atoms with van der Waals surface area (Å²) in [5.74, 6) is 0.524. The lowest BCUT2D eigenvalue weighted by Crippen LogP contribution is -2.63. The van der Waals surface area contributed by atoms with Crippen LogP contribution in [0.15, 0.2) is 24.3 Å². The van der Waals surface area contributed by atoms with Crippen LogP contribution in [-0.2, 0) is 4.79 Å². The van der Waals surface area contributed by atoms with Gasteiger partial charge >= 0.3 is 0 Å². The Balaban J connectivity index is 1.32. The molecule has 28 heavy (non-hydrogen) atoms. The summed E-state index contributed by atoms with van der Waals surface area (Å²) in [6.45, 7) is 8.18. The summed E-state index contributed by atoms with van der Waals surface area (Å²) in [6, 6.07) is 11.6. The minimum Gasteiger partial charge on any atom is -0.371 e. The first-order chi connectivity index (χ1) is 13.6. The molecule has 5 heteroatoms. The highest BCUT2D eigenvalue weighted by Crippen LogP contribution is 2.32. The standard InChI is InChI=1S/C23H32N4O/c1-17-15-26(16-18(2)27(17)22-4-3-5-22)23(28)20-10-12-25(13-11-20)21-8-6-19(14-24)7-9-21/h6-9,17-18,20,22H,3-5,10-13,15-16H2,1-2H3/t17-,18?/m0/s1. The Kier molecular flexibility index (Phi) is 5.59. The van der Waals surface area contributed by atoms with Gasteiger partial charge in [0.05, 0.1) is 11.6 Å². The number of nitrogens with zero attached hydrogens (tertiary/aromatic N) is 4. The Labute approximate surface area is 168 Å². The second kappa shape index (κ2) is 8.13. The fourth-order valence-electron chi connectivity index (χ4n) is 5.31. The molecule has 0 bridgehead atoms. The first kappa shape index (κ1) is 19.3. The van der Waals surface area contributed by atoms with Crippen LogP contribution >= 0.6 is 0 Å². The van der Waals surface area contributed by atoms with Crippen molar-refractivity contribution in [2.45, 2.75) is 64.1 Å². The number of piperidine rings is 1. The van der Waals surface area contributed by atoms with Crippen LogP contribution in [0.3, 0.4) is 0 Å². The highest BCUT2D eigenvalue weighted by molar-refractivity contribution is 5.79. The summed E-state index contributed by atoms with van der Waals surface area (Å²) in [5, 5.41) is 8.95. The normalized spacial score (nSPS) is 27.3. The third kappa shape index (κ3) is 3.75. The molecule has 2 aliphatic heterocycles. The van der Waals surface area contributed by atoms with E-state index in [1.54, 1.807) is 0 Å². The van der Waals surface area contributed by atoms with Crippen LogP contribution in [-0.4, -0.2) is 60.0 Å². The lowest BCUT2D eigenvalue weighted by molar-refractivity contribution is -0.142. The molecule has 4 rings (SSSR count). The largest absolute Gasteiger partial charge is 0.371 e. The zero-order valence-electron chi connectivity index (χ0n) is 17.2. The summed E-state index contributed by atoms with van der Waals surface area (Å²) in [7, 11) is 0. The molecular formula is C23H32N4O. The van der Waals surface area contributed by atoms with Gasteiger partial charge < -0.3 is 9.80 Å². The predicted molar refractivity (Wildman–Crippen MR) is 111 cm³/mol. The molecule has 2 atom stereocenters. The fraction of sp³-hybridized carbons (Fsp3) is 0.652. The summed E-state index contributed by atoms with van der Waals surface area (Å²) in [6.07, 6.45) is 5.86. The van der Waals surface area contributed by atoms with Crippen LogP contribution in [0.4, 0.5) is 5.69 Å². The van der Waals surface area contributed by atoms with Crippen LogP contribution in [0.5, 0.6) is 0 Å². The van der Waals surface area contributed by atoms with Gasteiger partial charge in [0.1, 0.15) is 0 Å². The molecule has 0 spiro atoms. The van der Waals surface area contributed by atoms with Gasteiger partial charge in [-0.15, -0.1) is 0 Å². The molecule has 1 amide bonds. The number of carbonyl (C=O) groups excluding carboxylic acids is 1. The first-order valence-corrected chi connectivity index (χ1v) is 10.9. The maximum absolute atomic E-state index is 13.2. The van der Waals surface area contributed by atoms with Crippen LogP contribution in [0, 0.1) is 17.2 Å². The van der Waals surface area contributed by atoms with Crippen molar-refractivity contribution in [2.24, 2.45) is 5.92 Å². The van der Waals surface area contributed by atoms with E-state index in [9.17, 15) is 4.79 Å². The van der Waals surface area contributed by atoms with Crippen molar-refractivity contribution in [3.63, 3.8) is 0 Å². The van der Waals surface area contributed by atoms with Crippen LogP contribution < -0.4 is 4.90 Å². The van der Waals surface area contributed by atoms with E-state index in [2.05, 4.69) is 34.6 Å². The van der Waals surface area contributed by atoms with Gasteiger partial charge in [-0.25, -0.2) is 0 Å². The van der Waals surface area contributed by atoms with Crippen molar-refractivity contribution in [1.29, 1.82) is 5.26 Å². The van der Waals surface area contributed by atoms with Crippen LogP contribution in [0.25, 0.3) is 0 Å². The van der Waals surface area contributed by atoms with Gasteiger partial charge in [0.25, 0.3) is 0 Å². The molecule has 3 aliphatic rings. The van der Waals surface area contributed by atoms with E-state index in [-0.39, 0.29) is 5.92 Å². The van der Waals surface area contributed by atoms with Crippen molar-refractivity contribution in [3.8, 4) is 6.07 Å². The predicted octanol–water partition coefficient (Wildman–Crippen LogP) is 3.25. The van der Waals surface area contributed by atoms with Gasteiger partial charge in [-0.3, -0.25) is 9.69 Å². The van der Waals surface area contributed by atoms with Gasteiger partial charge in [0, 0.05) is 55.9 Å². The number of rotatable bonds is 3. The Bertz CT molecular complexity index is 716. The highest BCUT2D eigenvalue weighted by atomic mass is 16.2. The van der Waals surface area contributed by atoms with E-state index < -0.39 is 0 Å². The molecule has 0 radical (unpaired) electrons. The second-order valence-electron chi connectivity index (χ2n) is 8.89. The molecule has 0 aromatic heterocycles. The maximum atomic E-state index is 13.2. The maximum Gasteiger partial charge on any atom is 0.225 e. The molecule has 1 unspecified atom stereocenters. The van der Waals surface area contributed by atoms with Crippen molar-refractivity contribution in [2.75, 3.05) is 31.1 Å². The van der Waals surface area contributed by atoms with Gasteiger partial charge in [-0.2, -0.15) is 5.26 Å². The molecule has 5 nitrogen and oxygen atoms in total. The fourth-order valence-corrected chi connectivity index (χ4v) is 5.31. The van der Waals surface area contributed by atoms with Crippen molar-refractivity contribution in [1.82, 2.24) is 9.80 Å². The number of hydrogen-bond donors (Lipinski definition) is 0. The van der Waals surface area contributed by atoms with E-state index in [0.717, 1.165) is 50.7 Å². The lowest BCUT2D eigenvalue weighted by atomic mass is 9.87. The molecule has 3 fully saturated rings. The average Bonchev–Trinajstić information content (AvgIpc) is 2.68. The number of anilines is 1. The molecule has 2 saturated heterocycles. The summed E-state index contributed by atoms with van der Waals surface area (Å²) >= 11 is 0. The van der Waals surface area contributed by atoms with Crippen molar-refractivity contribution < 1.29 is 4.79 Å². The minimum atomic E-state index is 0.157. The molecule has 1 aromatic rings. The Hall–Kier alpha value is -2.06. The minimum absolute atomic E-state index is 0.157. The summed E-state index contributed by atoms with van der Waals surface area (Å²) < 4.78 is 0. The molecule has 2 heterocycles. The number of nitriles is 1. The van der Waals surface area contributed by atoms with Crippen molar-refractivity contribution in [3.05, 3.63) is 29.8 Å². The smallest absolute Gasteiger partial charge is 0.225 e. The molecule has 0 N–H and O–H groups in total. The average molecular weight is 381 g/mol. The third-order valence-corrected chi connectivity index (χ3v) is 7.00. The number of amides is 1. The Morgan fingerprint density at radius 1 is 1.00 bits per heavy atom. The SMILES string of the molecule is CC1CN(C(=O)C2CCN(c3ccc(C#N)cc3)CC2)C[C@H](C)N1C1CCC1. The van der Waals surface area contributed by atoms with Crippen LogP contribution in [0.2, 0.25) is 0 Å². The topological polar surface area (TPSA) is 50.6 Å². The van der Waals surface area contributed by atoms with E-state index in [1.807, 2.05) is 24.3 Å². The molecular weight excluding hydrogens is 348 g/mol. The monoisotopic (exact) mass is 380 g/mol. The third-order valence-electron chi connectivity index (χ3n) is 7.00. The zero-order chi connectivity index (χ0) is 19.7. The van der Waals surface area contributed by atoms with E-state index in [0.29, 0.717) is 23.6 Å². The van der Waals surface area contributed by atoms with Crippen molar-refractivity contribution >= 4 is 11.6 Å². The van der Waals surface area contributed by atoms with E-state index >= 15 is 0 Å². The van der Waals surface area contributed by atoms with Gasteiger partial charge in [-0.1, -0.05) is 6.42 Å². The molecule has 1 aliphatic carbocycles. The quantitative estimate of drug-likeness (QED) is 0.808. The molecule has 1 saturated carbocycles. The summed E-state index contributed by atoms with van der Waals surface area (Å²) in [4.78, 5) is 20.3.